The van der Waals surface area contributed by atoms with Crippen molar-refractivity contribution >= 4 is 29.9 Å². The Morgan fingerprint density at radius 3 is 2.83 bits per heavy atom. The lowest BCUT2D eigenvalue weighted by Crippen LogP contribution is -2.34. The number of aromatic amines is 1. The highest BCUT2D eigenvalue weighted by molar-refractivity contribution is 7.99. The molecule has 1 atom stereocenters. The van der Waals surface area contributed by atoms with Crippen molar-refractivity contribution in [3.8, 4) is 0 Å². The van der Waals surface area contributed by atoms with Crippen LogP contribution in [0.5, 0.6) is 0 Å². The summed E-state index contributed by atoms with van der Waals surface area (Å²) in [4.78, 5) is 2.32. The third-order valence-electron chi connectivity index (χ3n) is 4.14. The number of nitrogens with zero attached hydrogens (tertiary/aromatic N) is 3. The number of rotatable bonds is 3. The van der Waals surface area contributed by atoms with Crippen LogP contribution in [0.3, 0.4) is 0 Å². The van der Waals surface area contributed by atoms with Crippen LogP contribution in [0.2, 0.25) is 0 Å². The second-order valence-electron chi connectivity index (χ2n) is 5.27. The second-order valence-corrected chi connectivity index (χ2v) is 6.80. The first kappa shape index (κ1) is 12.5. The van der Waals surface area contributed by atoms with Gasteiger partial charge in [0.2, 0.25) is 5.95 Å². The summed E-state index contributed by atoms with van der Waals surface area (Å²) in [6.07, 6.45) is 6.38. The number of aromatic nitrogens is 3. The molecule has 1 aliphatic heterocycles. The van der Waals surface area contributed by atoms with Gasteiger partial charge in [-0.1, -0.05) is 12.8 Å². The number of hydrogen-bond acceptors (Lipinski definition) is 4. The number of H-pyrrole nitrogens is 1. The summed E-state index contributed by atoms with van der Waals surface area (Å²) in [5.41, 5.74) is 0. The van der Waals surface area contributed by atoms with Gasteiger partial charge in [0.1, 0.15) is 0 Å². The SMILES string of the molecule is CN(c1n[nH]c(=S)n1C1CCCC1)C1CCSC1. The third-order valence-corrected chi connectivity index (χ3v) is 5.58. The van der Waals surface area contributed by atoms with Gasteiger partial charge in [0.15, 0.2) is 4.77 Å². The van der Waals surface area contributed by atoms with Crippen molar-refractivity contribution in [1.29, 1.82) is 0 Å². The molecule has 2 aliphatic rings. The summed E-state index contributed by atoms with van der Waals surface area (Å²) in [6, 6.07) is 1.17. The van der Waals surface area contributed by atoms with E-state index in [-0.39, 0.29) is 0 Å². The van der Waals surface area contributed by atoms with Crippen molar-refractivity contribution in [3.05, 3.63) is 4.77 Å². The number of thioether (sulfide) groups is 1. The second kappa shape index (κ2) is 5.25. The molecule has 0 bridgehead atoms. The maximum Gasteiger partial charge on any atom is 0.226 e. The van der Waals surface area contributed by atoms with Gasteiger partial charge in [-0.15, -0.1) is 5.10 Å². The molecule has 1 N–H and O–H groups in total. The molecule has 0 aromatic carbocycles. The fourth-order valence-corrected chi connectivity index (χ4v) is 4.57. The average Bonchev–Trinajstić information content (AvgIpc) is 3.09. The van der Waals surface area contributed by atoms with E-state index in [1.807, 2.05) is 11.8 Å². The maximum atomic E-state index is 5.42. The Labute approximate surface area is 117 Å². The fourth-order valence-electron chi connectivity index (χ4n) is 3.03. The van der Waals surface area contributed by atoms with E-state index >= 15 is 0 Å². The zero-order valence-electron chi connectivity index (χ0n) is 10.8. The number of hydrogen-bond donors (Lipinski definition) is 1. The Hall–Kier alpha value is -0.490. The predicted molar refractivity (Wildman–Crippen MR) is 79.0 cm³/mol. The van der Waals surface area contributed by atoms with Crippen LogP contribution in [0, 0.1) is 4.77 Å². The monoisotopic (exact) mass is 284 g/mol. The lowest BCUT2D eigenvalue weighted by Gasteiger charge is -2.26. The Balaban J connectivity index is 1.89. The summed E-state index contributed by atoms with van der Waals surface area (Å²) in [5, 5.41) is 7.45. The summed E-state index contributed by atoms with van der Waals surface area (Å²) < 4.78 is 3.04. The van der Waals surface area contributed by atoms with Gasteiger partial charge in [-0.2, -0.15) is 11.8 Å². The summed E-state index contributed by atoms with van der Waals surface area (Å²) in [6.45, 7) is 0. The highest BCUT2D eigenvalue weighted by atomic mass is 32.2. The third kappa shape index (κ3) is 2.20. The first-order valence-corrected chi connectivity index (χ1v) is 8.31. The van der Waals surface area contributed by atoms with Crippen LogP contribution < -0.4 is 4.90 Å². The Bertz CT molecular complexity index is 455. The van der Waals surface area contributed by atoms with Crippen LogP contribution >= 0.6 is 24.0 Å². The van der Waals surface area contributed by atoms with Gasteiger partial charge in [0.05, 0.1) is 0 Å². The molecule has 18 heavy (non-hydrogen) atoms. The van der Waals surface area contributed by atoms with Crippen molar-refractivity contribution < 1.29 is 0 Å². The summed E-state index contributed by atoms with van der Waals surface area (Å²) >= 11 is 7.45. The van der Waals surface area contributed by atoms with Gasteiger partial charge >= 0.3 is 0 Å². The fraction of sp³-hybridized carbons (Fsp3) is 0.833. The predicted octanol–water partition coefficient (Wildman–Crippen LogP) is 3.00. The molecule has 3 rings (SSSR count). The van der Waals surface area contributed by atoms with Gasteiger partial charge in [-0.25, -0.2) is 5.10 Å². The molecule has 100 valence electrons. The smallest absolute Gasteiger partial charge is 0.226 e. The van der Waals surface area contributed by atoms with Gasteiger partial charge in [0.25, 0.3) is 0 Å². The van der Waals surface area contributed by atoms with E-state index < -0.39 is 0 Å². The average molecular weight is 284 g/mol. The molecule has 1 unspecified atom stereocenters. The molecule has 1 saturated heterocycles. The Kier molecular flexibility index (Phi) is 3.66. The first-order chi connectivity index (χ1) is 8.77. The highest BCUT2D eigenvalue weighted by Gasteiger charge is 2.27. The van der Waals surface area contributed by atoms with E-state index in [0.29, 0.717) is 12.1 Å². The minimum absolute atomic E-state index is 0.558. The van der Waals surface area contributed by atoms with Crippen molar-refractivity contribution in [2.45, 2.75) is 44.2 Å². The molecule has 0 spiro atoms. The van der Waals surface area contributed by atoms with E-state index in [1.54, 1.807) is 0 Å². The van der Waals surface area contributed by atoms with E-state index in [2.05, 4.69) is 26.7 Å². The van der Waals surface area contributed by atoms with Gasteiger partial charge in [0, 0.05) is 24.9 Å². The molecule has 2 fully saturated rings. The van der Waals surface area contributed by atoms with Crippen LogP contribution in [0.15, 0.2) is 0 Å². The zero-order valence-corrected chi connectivity index (χ0v) is 12.4. The van der Waals surface area contributed by atoms with Crippen LogP contribution in [0.25, 0.3) is 0 Å². The molecule has 1 aliphatic carbocycles. The molecule has 6 heteroatoms. The van der Waals surface area contributed by atoms with Crippen molar-refractivity contribution in [3.63, 3.8) is 0 Å². The minimum Gasteiger partial charge on any atom is -0.340 e. The molecule has 4 nitrogen and oxygen atoms in total. The molecular formula is C12H20N4S2. The number of nitrogens with one attached hydrogen (secondary N) is 1. The van der Waals surface area contributed by atoms with Gasteiger partial charge in [-0.05, 0) is 37.2 Å². The van der Waals surface area contributed by atoms with Crippen molar-refractivity contribution in [2.75, 3.05) is 23.5 Å². The number of anilines is 1. The van der Waals surface area contributed by atoms with Crippen LogP contribution in [-0.2, 0) is 0 Å². The van der Waals surface area contributed by atoms with Crippen molar-refractivity contribution in [1.82, 2.24) is 14.8 Å². The van der Waals surface area contributed by atoms with Crippen LogP contribution in [0.4, 0.5) is 5.95 Å². The van der Waals surface area contributed by atoms with E-state index in [0.717, 1.165) is 10.7 Å². The molecule has 1 saturated carbocycles. The molecule has 0 radical (unpaired) electrons. The van der Waals surface area contributed by atoms with E-state index in [4.69, 9.17) is 12.2 Å². The molecular weight excluding hydrogens is 264 g/mol. The zero-order chi connectivity index (χ0) is 12.5. The van der Waals surface area contributed by atoms with Crippen LogP contribution in [-0.4, -0.2) is 39.4 Å². The lowest BCUT2D eigenvalue weighted by atomic mass is 10.2. The quantitative estimate of drug-likeness (QED) is 0.866. The molecule has 1 aromatic heterocycles. The molecule has 2 heterocycles. The van der Waals surface area contributed by atoms with E-state index in [9.17, 15) is 0 Å². The molecule has 0 amide bonds. The van der Waals surface area contributed by atoms with E-state index in [1.165, 1.54) is 43.6 Å². The van der Waals surface area contributed by atoms with Gasteiger partial charge in [-0.3, -0.25) is 4.57 Å². The Morgan fingerprint density at radius 1 is 1.39 bits per heavy atom. The lowest BCUT2D eigenvalue weighted by molar-refractivity contribution is 0.502. The van der Waals surface area contributed by atoms with Gasteiger partial charge < -0.3 is 4.90 Å². The highest BCUT2D eigenvalue weighted by Crippen LogP contribution is 2.33. The first-order valence-electron chi connectivity index (χ1n) is 6.75. The topological polar surface area (TPSA) is 36.9 Å². The largest absolute Gasteiger partial charge is 0.340 e. The molecule has 1 aromatic rings. The summed E-state index contributed by atoms with van der Waals surface area (Å²) in [7, 11) is 2.16. The van der Waals surface area contributed by atoms with Crippen LogP contribution in [0.1, 0.15) is 38.1 Å². The Morgan fingerprint density at radius 2 is 2.17 bits per heavy atom. The maximum absolute atomic E-state index is 5.42. The summed E-state index contributed by atoms with van der Waals surface area (Å²) in [5.74, 6) is 3.52. The van der Waals surface area contributed by atoms with Crippen molar-refractivity contribution in [2.24, 2.45) is 0 Å². The standard InChI is InChI=1S/C12H20N4S2/c1-15(10-6-7-18-8-10)11-13-14-12(17)16(11)9-4-2-3-5-9/h9-10H,2-8H2,1H3,(H,14,17). The normalized spacial score (nSPS) is 24.8. The minimum atomic E-state index is 0.558.